The zero-order chi connectivity index (χ0) is 13.1. The van der Waals surface area contributed by atoms with Gasteiger partial charge in [0.2, 0.25) is 0 Å². The lowest BCUT2D eigenvalue weighted by Gasteiger charge is -2.23. The zero-order valence-electron chi connectivity index (χ0n) is 10.4. The fraction of sp³-hybridized carbons (Fsp3) is 0.500. The van der Waals surface area contributed by atoms with Gasteiger partial charge in [-0.3, -0.25) is 4.79 Å². The number of ether oxygens (including phenoxy) is 1. The smallest absolute Gasteiger partial charge is 0.257 e. The van der Waals surface area contributed by atoms with Crippen molar-refractivity contribution in [2.24, 2.45) is 0 Å². The van der Waals surface area contributed by atoms with Crippen LogP contribution in [-0.4, -0.2) is 49.1 Å². The van der Waals surface area contributed by atoms with E-state index in [1.807, 2.05) is 0 Å². The number of nitrogens with zero attached hydrogens (tertiary/aromatic N) is 2. The molecule has 6 heteroatoms. The van der Waals surface area contributed by atoms with Gasteiger partial charge in [-0.1, -0.05) is 0 Å². The second kappa shape index (κ2) is 5.30. The van der Waals surface area contributed by atoms with E-state index in [2.05, 4.69) is 10.3 Å². The summed E-state index contributed by atoms with van der Waals surface area (Å²) < 4.78 is 18.4. The third-order valence-electron chi connectivity index (χ3n) is 3.10. The summed E-state index contributed by atoms with van der Waals surface area (Å²) in [5, 5.41) is 2.79. The molecule has 5 nitrogen and oxygen atoms in total. The molecule has 1 N–H and O–H groups in total. The Morgan fingerprint density at radius 2 is 2.44 bits per heavy atom. The number of carbonyl (C=O) groups is 1. The monoisotopic (exact) mass is 253 g/mol. The molecule has 1 atom stereocenters. The van der Waals surface area contributed by atoms with Gasteiger partial charge in [-0.2, -0.15) is 0 Å². The van der Waals surface area contributed by atoms with E-state index in [1.54, 1.807) is 19.0 Å². The molecule has 0 saturated carbocycles. The summed E-state index contributed by atoms with van der Waals surface area (Å²) in [6.45, 7) is 1.18. The van der Waals surface area contributed by atoms with E-state index in [1.165, 1.54) is 6.07 Å². The molecule has 1 aromatic rings. The van der Waals surface area contributed by atoms with Crippen molar-refractivity contribution in [2.45, 2.75) is 12.5 Å². The molecule has 1 amide bonds. The molecular weight excluding hydrogens is 237 g/mol. The molecule has 0 bridgehead atoms. The maximum absolute atomic E-state index is 13.2. The summed E-state index contributed by atoms with van der Waals surface area (Å²) in [5.74, 6) is -0.387. The van der Waals surface area contributed by atoms with E-state index in [0.29, 0.717) is 19.0 Å². The summed E-state index contributed by atoms with van der Waals surface area (Å²) in [4.78, 5) is 17.7. The highest BCUT2D eigenvalue weighted by atomic mass is 19.1. The van der Waals surface area contributed by atoms with Gasteiger partial charge in [0, 0.05) is 20.7 Å². The average molecular weight is 253 g/mol. The van der Waals surface area contributed by atoms with Crippen molar-refractivity contribution in [1.29, 1.82) is 0 Å². The molecule has 2 rings (SSSR count). The van der Waals surface area contributed by atoms with Gasteiger partial charge in [-0.15, -0.1) is 0 Å². The largest absolute Gasteiger partial charge is 0.379 e. The number of pyridine rings is 1. The molecule has 0 radical (unpaired) electrons. The second-order valence-electron chi connectivity index (χ2n) is 4.23. The first-order chi connectivity index (χ1) is 8.63. The van der Waals surface area contributed by atoms with Gasteiger partial charge >= 0.3 is 0 Å². The Hall–Kier alpha value is -1.69. The summed E-state index contributed by atoms with van der Waals surface area (Å²) >= 11 is 0. The topological polar surface area (TPSA) is 54.5 Å². The van der Waals surface area contributed by atoms with E-state index in [-0.39, 0.29) is 17.5 Å². The van der Waals surface area contributed by atoms with E-state index in [4.69, 9.17) is 4.74 Å². The number of halogens is 1. The van der Waals surface area contributed by atoms with Crippen molar-refractivity contribution in [3.05, 3.63) is 23.6 Å². The van der Waals surface area contributed by atoms with Crippen LogP contribution in [0.15, 0.2) is 12.3 Å². The van der Waals surface area contributed by atoms with Crippen molar-refractivity contribution in [2.75, 3.05) is 32.6 Å². The van der Waals surface area contributed by atoms with Crippen LogP contribution in [0.1, 0.15) is 16.8 Å². The number of amides is 1. The Balaban J connectivity index is 2.24. The summed E-state index contributed by atoms with van der Waals surface area (Å²) in [5.41, 5.74) is 0.243. The number of likely N-dealkylation sites (N-methyl/N-ethyl adjacent to an activating group) is 1. The Morgan fingerprint density at radius 1 is 1.67 bits per heavy atom. The molecule has 1 saturated heterocycles. The van der Waals surface area contributed by atoms with Crippen LogP contribution in [0.4, 0.5) is 10.2 Å². The number of anilines is 1. The summed E-state index contributed by atoms with van der Waals surface area (Å²) in [6, 6.07) is 1.25. The molecular formula is C12H16FN3O2. The summed E-state index contributed by atoms with van der Waals surface area (Å²) in [7, 11) is 3.35. The molecule has 2 heterocycles. The van der Waals surface area contributed by atoms with Gasteiger partial charge in [-0.05, 0) is 12.5 Å². The third-order valence-corrected chi connectivity index (χ3v) is 3.10. The molecule has 0 spiro atoms. The number of aromatic nitrogens is 1. The molecule has 18 heavy (non-hydrogen) atoms. The average Bonchev–Trinajstić information content (AvgIpc) is 2.90. The maximum atomic E-state index is 13.2. The van der Waals surface area contributed by atoms with Crippen LogP contribution < -0.4 is 5.32 Å². The van der Waals surface area contributed by atoms with Crippen molar-refractivity contribution >= 4 is 11.7 Å². The van der Waals surface area contributed by atoms with Crippen LogP contribution in [0, 0.1) is 5.82 Å². The minimum absolute atomic E-state index is 0.0467. The van der Waals surface area contributed by atoms with Gasteiger partial charge in [0.1, 0.15) is 11.6 Å². The number of hydrogen-bond acceptors (Lipinski definition) is 4. The predicted molar refractivity (Wildman–Crippen MR) is 65.1 cm³/mol. The van der Waals surface area contributed by atoms with Gasteiger partial charge in [0.05, 0.1) is 24.4 Å². The van der Waals surface area contributed by atoms with Crippen molar-refractivity contribution in [1.82, 2.24) is 9.88 Å². The lowest BCUT2D eigenvalue weighted by Crippen LogP contribution is -2.37. The van der Waals surface area contributed by atoms with E-state index in [9.17, 15) is 9.18 Å². The second-order valence-corrected chi connectivity index (χ2v) is 4.23. The normalized spacial score (nSPS) is 18.7. The molecule has 98 valence electrons. The minimum Gasteiger partial charge on any atom is -0.379 e. The first kappa shape index (κ1) is 12.8. The fourth-order valence-electron chi connectivity index (χ4n) is 1.98. The zero-order valence-corrected chi connectivity index (χ0v) is 10.4. The van der Waals surface area contributed by atoms with Crippen LogP contribution >= 0.6 is 0 Å². The molecule has 0 aromatic carbocycles. The Morgan fingerprint density at radius 3 is 3.06 bits per heavy atom. The van der Waals surface area contributed by atoms with E-state index >= 15 is 0 Å². The third kappa shape index (κ3) is 2.43. The van der Waals surface area contributed by atoms with Crippen LogP contribution in [0.25, 0.3) is 0 Å². The number of hydrogen-bond donors (Lipinski definition) is 1. The Kier molecular flexibility index (Phi) is 3.76. The molecule has 1 aliphatic heterocycles. The molecule has 0 aliphatic carbocycles. The first-order valence-corrected chi connectivity index (χ1v) is 5.81. The molecule has 1 fully saturated rings. The van der Waals surface area contributed by atoms with Crippen LogP contribution in [0.5, 0.6) is 0 Å². The Labute approximate surface area is 105 Å². The van der Waals surface area contributed by atoms with Gasteiger partial charge in [0.15, 0.2) is 0 Å². The van der Waals surface area contributed by atoms with Crippen LogP contribution in [-0.2, 0) is 4.74 Å². The van der Waals surface area contributed by atoms with Gasteiger partial charge < -0.3 is 15.0 Å². The highest BCUT2D eigenvalue weighted by Gasteiger charge is 2.26. The Bertz CT molecular complexity index is 447. The van der Waals surface area contributed by atoms with Crippen molar-refractivity contribution in [3.63, 3.8) is 0 Å². The molecule has 1 unspecified atom stereocenters. The van der Waals surface area contributed by atoms with Crippen molar-refractivity contribution < 1.29 is 13.9 Å². The van der Waals surface area contributed by atoms with Crippen molar-refractivity contribution in [3.8, 4) is 0 Å². The molecule has 1 aromatic heterocycles. The number of carbonyl (C=O) groups excluding carboxylic acids is 1. The van der Waals surface area contributed by atoms with E-state index < -0.39 is 5.82 Å². The SMILES string of the molecule is CNc1ncc(F)cc1C(=O)N(C)C1CCOC1. The highest BCUT2D eigenvalue weighted by molar-refractivity contribution is 5.98. The standard InChI is InChI=1S/C12H16FN3O2/c1-14-11-10(5-8(13)6-15-11)12(17)16(2)9-3-4-18-7-9/h5-6,9H,3-4,7H2,1-2H3,(H,14,15). The van der Waals surface area contributed by atoms with Crippen LogP contribution in [0.3, 0.4) is 0 Å². The number of nitrogens with one attached hydrogen (secondary N) is 1. The van der Waals surface area contributed by atoms with Gasteiger partial charge in [0.25, 0.3) is 5.91 Å². The fourth-order valence-corrected chi connectivity index (χ4v) is 1.98. The minimum atomic E-state index is -0.520. The van der Waals surface area contributed by atoms with E-state index in [0.717, 1.165) is 12.6 Å². The van der Waals surface area contributed by atoms with Gasteiger partial charge in [-0.25, -0.2) is 9.37 Å². The lowest BCUT2D eigenvalue weighted by molar-refractivity contribution is 0.0711. The first-order valence-electron chi connectivity index (χ1n) is 5.81. The quantitative estimate of drug-likeness (QED) is 0.877. The molecule has 1 aliphatic rings. The number of rotatable bonds is 3. The maximum Gasteiger partial charge on any atom is 0.257 e. The summed E-state index contributed by atoms with van der Waals surface area (Å²) in [6.07, 6.45) is 1.89. The predicted octanol–water partition coefficient (Wildman–Crippen LogP) is 1.12. The van der Waals surface area contributed by atoms with Crippen LogP contribution in [0.2, 0.25) is 0 Å². The lowest BCUT2D eigenvalue weighted by atomic mass is 10.1. The highest BCUT2D eigenvalue weighted by Crippen LogP contribution is 2.19.